The van der Waals surface area contributed by atoms with Crippen molar-refractivity contribution in [3.8, 4) is 0 Å². The van der Waals surface area contributed by atoms with Gasteiger partial charge in [0, 0.05) is 45.3 Å². The van der Waals surface area contributed by atoms with Crippen LogP contribution in [0, 0.1) is 0 Å². The van der Waals surface area contributed by atoms with Gasteiger partial charge in [0.15, 0.2) is 0 Å². The van der Waals surface area contributed by atoms with Gasteiger partial charge in [-0.1, -0.05) is 0 Å². The van der Waals surface area contributed by atoms with Crippen LogP contribution in [-0.4, -0.2) is 153 Å². The molecule has 31 heavy (non-hydrogen) atoms. The molecular formula is C17H28N4O10. The molecule has 0 spiro atoms. The van der Waals surface area contributed by atoms with Gasteiger partial charge in [0.1, 0.15) is 0 Å². The third-order valence-corrected chi connectivity index (χ3v) is 4.66. The molecule has 14 nitrogen and oxygen atoms in total. The quantitative estimate of drug-likeness (QED) is 0.202. The summed E-state index contributed by atoms with van der Waals surface area (Å²) in [5, 5.41) is 45.8. The fourth-order valence-corrected chi connectivity index (χ4v) is 3.46. The summed E-state index contributed by atoms with van der Waals surface area (Å²) in [5.41, 5.74) is 0. The highest BCUT2D eigenvalue weighted by molar-refractivity contribution is 5.72. The van der Waals surface area contributed by atoms with E-state index in [1.54, 1.807) is 4.90 Å². The predicted octanol–water partition coefficient (Wildman–Crippen LogP) is -3.00. The molecule has 0 saturated carbocycles. The molecule has 1 atom stereocenters. The van der Waals surface area contributed by atoms with E-state index in [9.17, 15) is 34.2 Å². The van der Waals surface area contributed by atoms with Gasteiger partial charge in [-0.2, -0.15) is 0 Å². The van der Waals surface area contributed by atoms with Crippen LogP contribution in [0.25, 0.3) is 0 Å². The smallest absolute Gasteiger partial charge is 0.317 e. The van der Waals surface area contributed by atoms with E-state index >= 15 is 0 Å². The van der Waals surface area contributed by atoms with Crippen LogP contribution >= 0.6 is 0 Å². The number of hydrogen-bond donors (Lipinski definition) is 5. The lowest BCUT2D eigenvalue weighted by Crippen LogP contribution is -2.54. The standard InChI is InChI=1S/C17H28N4O10/c22-13(23)7-18-1-2-19(8-14(24)25)5-12(21(4-3-18)11-17(30)31)6-20(9-15(26)27)10-16(28)29/h12H,1-11H2,(H,22,23)(H,24,25)(H,26,27)(H,28,29)(H,30,31). The molecule has 0 radical (unpaired) electrons. The fourth-order valence-electron chi connectivity index (χ4n) is 3.46. The van der Waals surface area contributed by atoms with Gasteiger partial charge < -0.3 is 25.5 Å². The van der Waals surface area contributed by atoms with Crippen LogP contribution in [0.5, 0.6) is 0 Å². The van der Waals surface area contributed by atoms with Gasteiger partial charge in [-0.15, -0.1) is 0 Å². The fraction of sp³-hybridized carbons (Fsp3) is 0.706. The van der Waals surface area contributed by atoms with Crippen molar-refractivity contribution in [2.45, 2.75) is 6.04 Å². The highest BCUT2D eigenvalue weighted by Gasteiger charge is 2.30. The van der Waals surface area contributed by atoms with Crippen molar-refractivity contribution < 1.29 is 49.5 Å². The Labute approximate surface area is 177 Å². The molecule has 0 aromatic heterocycles. The maximum absolute atomic E-state index is 11.4. The Balaban J connectivity index is 3.18. The molecule has 0 bridgehead atoms. The zero-order valence-electron chi connectivity index (χ0n) is 16.9. The maximum Gasteiger partial charge on any atom is 0.317 e. The molecule has 1 unspecified atom stereocenters. The van der Waals surface area contributed by atoms with Crippen molar-refractivity contribution in [3.63, 3.8) is 0 Å². The summed E-state index contributed by atoms with van der Waals surface area (Å²) in [6.07, 6.45) is 0. The van der Waals surface area contributed by atoms with Crippen LogP contribution < -0.4 is 0 Å². The lowest BCUT2D eigenvalue weighted by molar-refractivity contribution is -0.144. The van der Waals surface area contributed by atoms with E-state index in [0.29, 0.717) is 0 Å². The number of rotatable bonds is 12. The molecule has 14 heteroatoms. The highest BCUT2D eigenvalue weighted by Crippen LogP contribution is 2.10. The highest BCUT2D eigenvalue weighted by atomic mass is 16.4. The van der Waals surface area contributed by atoms with Gasteiger partial charge in [0.2, 0.25) is 0 Å². The van der Waals surface area contributed by atoms with E-state index in [1.165, 1.54) is 9.80 Å². The third kappa shape index (κ3) is 11.2. The van der Waals surface area contributed by atoms with Crippen LogP contribution in [0.3, 0.4) is 0 Å². The summed E-state index contributed by atoms with van der Waals surface area (Å²) >= 11 is 0. The van der Waals surface area contributed by atoms with Gasteiger partial charge in [-0.05, 0) is 0 Å². The maximum atomic E-state index is 11.4. The SMILES string of the molecule is O=C(O)CN1CCN(CC(=O)O)CC(CN(CC(=O)O)CC(=O)O)N(CC(=O)O)CC1. The van der Waals surface area contributed by atoms with Crippen molar-refractivity contribution in [1.29, 1.82) is 0 Å². The largest absolute Gasteiger partial charge is 0.480 e. The first-order chi connectivity index (χ1) is 14.5. The van der Waals surface area contributed by atoms with E-state index < -0.39 is 62.1 Å². The van der Waals surface area contributed by atoms with Crippen molar-refractivity contribution in [2.24, 2.45) is 0 Å². The van der Waals surface area contributed by atoms with Gasteiger partial charge in [0.25, 0.3) is 0 Å². The number of carboxylic acid groups (broad SMARTS) is 5. The van der Waals surface area contributed by atoms with Crippen molar-refractivity contribution in [3.05, 3.63) is 0 Å². The molecule has 1 rings (SSSR count). The monoisotopic (exact) mass is 448 g/mol. The second-order valence-corrected chi connectivity index (χ2v) is 7.27. The Bertz CT molecular complexity index is 657. The number of aliphatic carboxylic acids is 5. The number of carbonyl (C=O) groups is 5. The number of carboxylic acids is 5. The lowest BCUT2D eigenvalue weighted by atomic mass is 10.2. The summed E-state index contributed by atoms with van der Waals surface area (Å²) in [4.78, 5) is 61.7. The number of hydrogen-bond acceptors (Lipinski definition) is 9. The molecule has 1 aliphatic heterocycles. The van der Waals surface area contributed by atoms with Crippen LogP contribution in [-0.2, 0) is 24.0 Å². The van der Waals surface area contributed by atoms with Crippen LogP contribution in [0.15, 0.2) is 0 Å². The molecule has 1 fully saturated rings. The molecule has 1 saturated heterocycles. The minimum absolute atomic E-state index is 0.0379. The molecule has 0 amide bonds. The van der Waals surface area contributed by atoms with Gasteiger partial charge in [-0.3, -0.25) is 43.6 Å². The first kappa shape index (κ1) is 26.2. The van der Waals surface area contributed by atoms with E-state index in [1.807, 2.05) is 0 Å². The Morgan fingerprint density at radius 1 is 0.645 bits per heavy atom. The second kappa shape index (κ2) is 12.8. The molecule has 0 aromatic carbocycles. The molecule has 0 aromatic rings. The number of nitrogens with zero attached hydrogens (tertiary/aromatic N) is 4. The Kier molecular flexibility index (Phi) is 10.8. The van der Waals surface area contributed by atoms with Gasteiger partial charge in [0.05, 0.1) is 32.7 Å². The third-order valence-electron chi connectivity index (χ3n) is 4.66. The Morgan fingerprint density at radius 2 is 1.10 bits per heavy atom. The normalized spacial score (nSPS) is 19.3. The van der Waals surface area contributed by atoms with Crippen LogP contribution in [0.4, 0.5) is 0 Å². The first-order valence-corrected chi connectivity index (χ1v) is 9.46. The van der Waals surface area contributed by atoms with E-state index in [4.69, 9.17) is 15.3 Å². The molecule has 0 aliphatic carbocycles. The molecule has 176 valence electrons. The summed E-state index contributed by atoms with van der Waals surface area (Å²) < 4.78 is 0. The molecular weight excluding hydrogens is 420 g/mol. The summed E-state index contributed by atoms with van der Waals surface area (Å²) in [6, 6.07) is -0.695. The van der Waals surface area contributed by atoms with Crippen molar-refractivity contribution in [2.75, 3.05) is 72.0 Å². The minimum Gasteiger partial charge on any atom is -0.480 e. The second-order valence-electron chi connectivity index (χ2n) is 7.27. The molecule has 5 N–H and O–H groups in total. The summed E-state index contributed by atoms with van der Waals surface area (Å²) in [5.74, 6) is -5.92. The van der Waals surface area contributed by atoms with E-state index in [0.717, 1.165) is 4.90 Å². The lowest BCUT2D eigenvalue weighted by Gasteiger charge is -2.36. The summed E-state index contributed by atoms with van der Waals surface area (Å²) in [6.45, 7) is -1.68. The Hall–Kier alpha value is -2.81. The van der Waals surface area contributed by atoms with Crippen LogP contribution in [0.2, 0.25) is 0 Å². The van der Waals surface area contributed by atoms with Gasteiger partial charge >= 0.3 is 29.8 Å². The predicted molar refractivity (Wildman–Crippen MR) is 103 cm³/mol. The zero-order chi connectivity index (χ0) is 23.6. The van der Waals surface area contributed by atoms with Crippen molar-refractivity contribution in [1.82, 2.24) is 19.6 Å². The van der Waals surface area contributed by atoms with Crippen LogP contribution in [0.1, 0.15) is 0 Å². The average Bonchev–Trinajstić information content (AvgIpc) is 2.65. The van der Waals surface area contributed by atoms with E-state index in [2.05, 4.69) is 0 Å². The topological polar surface area (TPSA) is 199 Å². The average molecular weight is 448 g/mol. The molecule has 1 heterocycles. The first-order valence-electron chi connectivity index (χ1n) is 9.46. The van der Waals surface area contributed by atoms with Crippen molar-refractivity contribution >= 4 is 29.8 Å². The Morgan fingerprint density at radius 3 is 1.58 bits per heavy atom. The van der Waals surface area contributed by atoms with Gasteiger partial charge in [-0.25, -0.2) is 0 Å². The zero-order valence-corrected chi connectivity index (χ0v) is 16.9. The minimum atomic E-state index is -1.26. The summed E-state index contributed by atoms with van der Waals surface area (Å²) in [7, 11) is 0. The van der Waals surface area contributed by atoms with E-state index in [-0.39, 0.29) is 45.8 Å². The molecule has 1 aliphatic rings.